The molecule has 0 saturated carbocycles. The second-order valence-electron chi connectivity index (χ2n) is 14.5. The third-order valence-electron chi connectivity index (χ3n) is 11.1. The van der Waals surface area contributed by atoms with E-state index in [0.29, 0.717) is 5.82 Å². The minimum atomic E-state index is -0.163. The number of fused-ring (bicyclic) bond motifs is 5. The summed E-state index contributed by atoms with van der Waals surface area (Å²) in [6.45, 7) is 4.76. The summed E-state index contributed by atoms with van der Waals surface area (Å²) in [7, 11) is 0. The quantitative estimate of drug-likeness (QED) is 0.181. The van der Waals surface area contributed by atoms with Gasteiger partial charge in [-0.15, -0.1) is 0 Å². The summed E-state index contributed by atoms with van der Waals surface area (Å²) < 4.78 is 0. The van der Waals surface area contributed by atoms with Crippen LogP contribution in [0.3, 0.4) is 0 Å². The Hall–Kier alpha value is -6.64. The van der Waals surface area contributed by atoms with Crippen LogP contribution < -0.4 is 0 Å². The van der Waals surface area contributed by atoms with Gasteiger partial charge >= 0.3 is 0 Å². The van der Waals surface area contributed by atoms with Crippen molar-refractivity contribution in [2.75, 3.05) is 0 Å². The van der Waals surface area contributed by atoms with Crippen molar-refractivity contribution in [3.63, 3.8) is 0 Å². The Labute approximate surface area is 310 Å². The van der Waals surface area contributed by atoms with E-state index in [2.05, 4.69) is 178 Å². The number of benzene rings is 8. The number of aromatic nitrogens is 2. The molecule has 0 spiro atoms. The van der Waals surface area contributed by atoms with Gasteiger partial charge in [-0.2, -0.15) is 0 Å². The van der Waals surface area contributed by atoms with Crippen LogP contribution >= 0.6 is 0 Å². The Bertz CT molecular complexity index is 2850. The zero-order valence-corrected chi connectivity index (χ0v) is 29.7. The number of nitrogens with zero attached hydrogens (tertiary/aromatic N) is 2. The highest BCUT2D eigenvalue weighted by atomic mass is 14.9. The molecular weight excluding hydrogens is 641 g/mol. The highest BCUT2D eigenvalue weighted by Gasteiger charge is 2.38. The van der Waals surface area contributed by atoms with Crippen LogP contribution in [0.2, 0.25) is 0 Å². The molecule has 0 fully saturated rings. The Balaban J connectivity index is 1.17. The fourth-order valence-electron chi connectivity index (χ4n) is 8.56. The SMILES string of the molecule is CC1(C)c2cc3ccccc3cc2-c2cccc(-c3ccc(-c4cc(-c5ccccc5-c5ccccc5)nc(-c5ccccc5)n4)c4ccccc34)c21. The molecule has 53 heavy (non-hydrogen) atoms. The van der Waals surface area contributed by atoms with E-state index in [1.54, 1.807) is 0 Å². The third-order valence-corrected chi connectivity index (χ3v) is 11.1. The molecule has 0 atom stereocenters. The Kier molecular flexibility index (Phi) is 7.19. The molecule has 0 saturated heterocycles. The van der Waals surface area contributed by atoms with Crippen LogP contribution in [-0.4, -0.2) is 9.97 Å². The lowest BCUT2D eigenvalue weighted by atomic mass is 9.78. The van der Waals surface area contributed by atoms with Crippen molar-refractivity contribution in [3.8, 4) is 67.3 Å². The molecule has 1 aromatic heterocycles. The van der Waals surface area contributed by atoms with Gasteiger partial charge in [0.25, 0.3) is 0 Å². The van der Waals surface area contributed by atoms with Crippen molar-refractivity contribution in [1.29, 1.82) is 0 Å². The molecule has 1 aliphatic rings. The van der Waals surface area contributed by atoms with Crippen LogP contribution in [0.1, 0.15) is 25.0 Å². The molecule has 2 heteroatoms. The molecule has 10 rings (SSSR count). The van der Waals surface area contributed by atoms with Gasteiger partial charge < -0.3 is 0 Å². The van der Waals surface area contributed by atoms with Gasteiger partial charge in [-0.1, -0.05) is 178 Å². The van der Waals surface area contributed by atoms with Crippen molar-refractivity contribution >= 4 is 21.5 Å². The van der Waals surface area contributed by atoms with E-state index < -0.39 is 0 Å². The Morgan fingerprint density at radius 2 is 0.868 bits per heavy atom. The van der Waals surface area contributed by atoms with Gasteiger partial charge in [-0.25, -0.2) is 9.97 Å². The second-order valence-corrected chi connectivity index (χ2v) is 14.5. The van der Waals surface area contributed by atoms with Crippen LogP contribution in [-0.2, 0) is 5.41 Å². The molecule has 0 bridgehead atoms. The summed E-state index contributed by atoms with van der Waals surface area (Å²) in [5, 5.41) is 4.94. The first kappa shape index (κ1) is 31.1. The highest BCUT2D eigenvalue weighted by molar-refractivity contribution is 6.07. The largest absolute Gasteiger partial charge is 0.228 e. The van der Waals surface area contributed by atoms with Crippen LogP contribution in [0, 0.1) is 0 Å². The number of hydrogen-bond acceptors (Lipinski definition) is 2. The molecule has 0 aliphatic heterocycles. The monoisotopic (exact) mass is 676 g/mol. The fourth-order valence-corrected chi connectivity index (χ4v) is 8.56. The predicted octanol–water partition coefficient (Wildman–Crippen LogP) is 13.4. The summed E-state index contributed by atoms with van der Waals surface area (Å²) in [4.78, 5) is 10.5. The van der Waals surface area contributed by atoms with E-state index in [9.17, 15) is 0 Å². The number of hydrogen-bond donors (Lipinski definition) is 0. The van der Waals surface area contributed by atoms with Gasteiger partial charge in [0.2, 0.25) is 0 Å². The summed E-state index contributed by atoms with van der Waals surface area (Å²) in [5.74, 6) is 0.710. The number of rotatable bonds is 5. The molecule has 0 N–H and O–H groups in total. The maximum Gasteiger partial charge on any atom is 0.160 e. The van der Waals surface area contributed by atoms with E-state index >= 15 is 0 Å². The Morgan fingerprint density at radius 3 is 1.58 bits per heavy atom. The van der Waals surface area contributed by atoms with E-state index in [4.69, 9.17) is 9.97 Å². The minimum Gasteiger partial charge on any atom is -0.228 e. The smallest absolute Gasteiger partial charge is 0.160 e. The average Bonchev–Trinajstić information content (AvgIpc) is 3.45. The Morgan fingerprint density at radius 1 is 0.358 bits per heavy atom. The molecule has 0 unspecified atom stereocenters. The van der Waals surface area contributed by atoms with Crippen LogP contribution in [0.4, 0.5) is 0 Å². The predicted molar refractivity (Wildman–Crippen MR) is 222 cm³/mol. The van der Waals surface area contributed by atoms with Crippen LogP contribution in [0.15, 0.2) is 182 Å². The molecule has 0 amide bonds. The first-order chi connectivity index (χ1) is 26.0. The molecule has 9 aromatic rings. The van der Waals surface area contributed by atoms with Gasteiger partial charge in [0, 0.05) is 22.1 Å². The van der Waals surface area contributed by atoms with E-state index in [0.717, 1.165) is 39.2 Å². The van der Waals surface area contributed by atoms with E-state index in [-0.39, 0.29) is 5.41 Å². The van der Waals surface area contributed by atoms with Gasteiger partial charge in [0.15, 0.2) is 5.82 Å². The van der Waals surface area contributed by atoms with Crippen molar-refractivity contribution < 1.29 is 0 Å². The van der Waals surface area contributed by atoms with Crippen LogP contribution in [0.25, 0.3) is 88.8 Å². The second kappa shape index (κ2) is 12.3. The van der Waals surface area contributed by atoms with Crippen molar-refractivity contribution in [2.45, 2.75) is 19.3 Å². The van der Waals surface area contributed by atoms with E-state index in [1.807, 2.05) is 18.2 Å². The summed E-state index contributed by atoms with van der Waals surface area (Å²) in [6.07, 6.45) is 0. The topological polar surface area (TPSA) is 25.8 Å². The third kappa shape index (κ3) is 5.10. The molecular formula is C51H36N2. The zero-order chi connectivity index (χ0) is 35.5. The maximum absolute atomic E-state index is 5.28. The maximum atomic E-state index is 5.28. The summed E-state index contributed by atoms with van der Waals surface area (Å²) >= 11 is 0. The van der Waals surface area contributed by atoms with Crippen molar-refractivity contribution in [1.82, 2.24) is 9.97 Å². The zero-order valence-electron chi connectivity index (χ0n) is 29.7. The molecule has 8 aromatic carbocycles. The first-order valence-corrected chi connectivity index (χ1v) is 18.3. The van der Waals surface area contributed by atoms with Crippen LogP contribution in [0.5, 0.6) is 0 Å². The van der Waals surface area contributed by atoms with Gasteiger partial charge in [-0.3, -0.25) is 0 Å². The van der Waals surface area contributed by atoms with Crippen molar-refractivity contribution in [3.05, 3.63) is 193 Å². The molecule has 2 nitrogen and oxygen atoms in total. The summed E-state index contributed by atoms with van der Waals surface area (Å²) in [5.41, 5.74) is 15.0. The normalized spacial score (nSPS) is 12.9. The fraction of sp³-hybridized carbons (Fsp3) is 0.0588. The first-order valence-electron chi connectivity index (χ1n) is 18.3. The lowest BCUT2D eigenvalue weighted by molar-refractivity contribution is 0.663. The average molecular weight is 677 g/mol. The molecule has 1 heterocycles. The van der Waals surface area contributed by atoms with Crippen molar-refractivity contribution in [2.24, 2.45) is 0 Å². The lowest BCUT2D eigenvalue weighted by Crippen LogP contribution is -2.16. The highest BCUT2D eigenvalue weighted by Crippen LogP contribution is 2.54. The molecule has 1 aliphatic carbocycles. The lowest BCUT2D eigenvalue weighted by Gasteiger charge is -2.25. The molecule has 250 valence electrons. The molecule has 0 radical (unpaired) electrons. The van der Waals surface area contributed by atoms with Gasteiger partial charge in [0.1, 0.15) is 0 Å². The minimum absolute atomic E-state index is 0.163. The standard InChI is InChI=1S/C51H36N2/c1-51(2)46-31-36-21-10-9-20-35(36)30-45(46)44-27-15-26-43(49(44)51)40-28-29-42(39-24-13-12-23-38(39)40)48-32-47(52-50(53-48)34-18-7-4-8-19-34)41-25-14-11-22-37(41)33-16-5-3-6-17-33/h3-32H,1-2H3. The van der Waals surface area contributed by atoms with Gasteiger partial charge in [0.05, 0.1) is 11.4 Å². The van der Waals surface area contributed by atoms with Gasteiger partial charge in [-0.05, 0) is 84.3 Å². The summed E-state index contributed by atoms with van der Waals surface area (Å²) in [6, 6.07) is 65.3. The van der Waals surface area contributed by atoms with E-state index in [1.165, 1.54) is 54.9 Å².